The molecule has 18 nitrogen and oxygen atoms in total. The molecule has 5 atom stereocenters. The van der Waals surface area contributed by atoms with Crippen molar-refractivity contribution in [2.45, 2.75) is 91.0 Å². The number of hydrogen-bond acceptors (Lipinski definition) is 10. The zero-order valence-corrected chi connectivity index (χ0v) is 31.2. The molecular formula is C35H56N8O10. The fourth-order valence-electron chi connectivity index (χ4n) is 5.02. The lowest BCUT2D eigenvalue weighted by atomic mass is 10.00. The van der Waals surface area contributed by atoms with E-state index in [4.69, 9.17) is 15.9 Å². The van der Waals surface area contributed by atoms with Gasteiger partial charge in [0.1, 0.15) is 30.2 Å². The van der Waals surface area contributed by atoms with Crippen LogP contribution in [0.5, 0.6) is 0 Å². The lowest BCUT2D eigenvalue weighted by molar-refractivity contribution is -0.143. The van der Waals surface area contributed by atoms with Gasteiger partial charge < -0.3 is 53.2 Å². The number of aliphatic carboxylic acids is 1. The largest absolute Gasteiger partial charge is 0.480 e. The summed E-state index contributed by atoms with van der Waals surface area (Å²) in [4.78, 5) is 101. The molecule has 0 bridgehead atoms. The molecule has 0 spiro atoms. The maximum absolute atomic E-state index is 13.4. The van der Waals surface area contributed by atoms with Crippen LogP contribution in [0.2, 0.25) is 0 Å². The molecule has 0 unspecified atom stereocenters. The normalized spacial score (nSPS) is 13.9. The Balaban J connectivity index is 3.01. The predicted molar refractivity (Wildman–Crippen MR) is 193 cm³/mol. The maximum Gasteiger partial charge on any atom is 0.328 e. The molecule has 7 amide bonds. The summed E-state index contributed by atoms with van der Waals surface area (Å²) in [5.74, 6) is -6.88. The van der Waals surface area contributed by atoms with Gasteiger partial charge in [-0.25, -0.2) is 4.79 Å². The lowest BCUT2D eigenvalue weighted by Gasteiger charge is -2.26. The Labute approximate surface area is 309 Å². The van der Waals surface area contributed by atoms with Crippen molar-refractivity contribution in [1.29, 1.82) is 0 Å². The van der Waals surface area contributed by atoms with Crippen LogP contribution in [-0.4, -0.2) is 114 Å². The van der Waals surface area contributed by atoms with Gasteiger partial charge in [-0.15, -0.1) is 0 Å². The average Bonchev–Trinajstić information content (AvgIpc) is 3.09. The smallest absolute Gasteiger partial charge is 0.328 e. The second-order valence-corrected chi connectivity index (χ2v) is 13.8. The molecule has 0 fully saturated rings. The minimum Gasteiger partial charge on any atom is -0.480 e. The van der Waals surface area contributed by atoms with Crippen molar-refractivity contribution in [2.75, 3.05) is 26.2 Å². The number of nitrogens with two attached hydrogens (primary N) is 1. The number of carboxylic acids is 1. The number of aliphatic hydroxyl groups is 1. The van der Waals surface area contributed by atoms with Crippen LogP contribution in [0.25, 0.3) is 0 Å². The minimum absolute atomic E-state index is 0.0208. The number of amides is 7. The number of rotatable bonds is 23. The zero-order valence-electron chi connectivity index (χ0n) is 31.2. The van der Waals surface area contributed by atoms with Gasteiger partial charge in [0.15, 0.2) is 0 Å². The standard InChI is InChI=1S/C35H56N8O10/c1-19(2)12-23(31(48)37-16-28(46)40-26(18-44)35(52)53)42-34(51)30(21(5)6)43-29(47)17-38-32(49)25(14-22-10-8-7-9-11-22)41-33(50)24(13-20(3)4)39-27(45)15-36/h7-11,19-21,23-26,30,44H,12-18,36H2,1-6H3,(H,37,48)(H,38,49)(H,39,45)(H,40,46)(H,41,50)(H,42,51)(H,43,47)(H,52,53)/t23-,24-,25-,26-,30-/m0/s1. The highest BCUT2D eigenvalue weighted by molar-refractivity contribution is 5.96. The molecule has 0 radical (unpaired) electrons. The summed E-state index contributed by atoms with van der Waals surface area (Å²) in [6.45, 7) is 8.30. The van der Waals surface area contributed by atoms with Gasteiger partial charge in [0.2, 0.25) is 41.4 Å². The molecule has 0 saturated heterocycles. The summed E-state index contributed by atoms with van der Waals surface area (Å²) >= 11 is 0. The third-order valence-corrected chi connectivity index (χ3v) is 7.73. The quantitative estimate of drug-likeness (QED) is 0.0566. The van der Waals surface area contributed by atoms with Gasteiger partial charge in [-0.05, 0) is 36.2 Å². The second kappa shape index (κ2) is 23.5. The molecule has 0 aliphatic carbocycles. The van der Waals surface area contributed by atoms with E-state index in [-0.39, 0.29) is 37.6 Å². The second-order valence-electron chi connectivity index (χ2n) is 13.8. The van der Waals surface area contributed by atoms with Crippen molar-refractivity contribution < 1.29 is 48.6 Å². The summed E-state index contributed by atoms with van der Waals surface area (Å²) in [5.41, 5.74) is 6.14. The molecular weight excluding hydrogens is 692 g/mol. The van der Waals surface area contributed by atoms with Gasteiger partial charge in [-0.3, -0.25) is 33.6 Å². The summed E-state index contributed by atoms with van der Waals surface area (Å²) in [6, 6.07) is 2.92. The first-order valence-electron chi connectivity index (χ1n) is 17.5. The van der Waals surface area contributed by atoms with E-state index < -0.39 is 103 Å². The first-order valence-corrected chi connectivity index (χ1v) is 17.5. The van der Waals surface area contributed by atoms with Crippen LogP contribution < -0.4 is 43.0 Å². The van der Waals surface area contributed by atoms with Crippen LogP contribution >= 0.6 is 0 Å². The summed E-state index contributed by atoms with van der Waals surface area (Å²) in [5, 5.41) is 35.4. The number of carbonyl (C=O) groups excluding carboxylic acids is 7. The van der Waals surface area contributed by atoms with Gasteiger partial charge in [0.25, 0.3) is 0 Å². The van der Waals surface area contributed by atoms with Crippen molar-refractivity contribution in [3.8, 4) is 0 Å². The predicted octanol–water partition coefficient (Wildman–Crippen LogP) is -2.33. The molecule has 0 aliphatic heterocycles. The lowest BCUT2D eigenvalue weighted by Crippen LogP contribution is -2.58. The first kappa shape index (κ1) is 45.9. The topological polar surface area (TPSA) is 287 Å². The maximum atomic E-state index is 13.4. The van der Waals surface area contributed by atoms with Gasteiger partial charge in [0.05, 0.1) is 26.2 Å². The molecule has 296 valence electrons. The Bertz CT molecular complexity index is 1410. The van der Waals surface area contributed by atoms with Gasteiger partial charge in [-0.1, -0.05) is 71.9 Å². The molecule has 0 aliphatic rings. The Morgan fingerprint density at radius 1 is 0.604 bits per heavy atom. The first-order chi connectivity index (χ1) is 24.9. The number of hydrogen-bond donors (Lipinski definition) is 10. The zero-order chi connectivity index (χ0) is 40.2. The molecule has 53 heavy (non-hydrogen) atoms. The van der Waals surface area contributed by atoms with Crippen LogP contribution in [0.1, 0.15) is 59.9 Å². The van der Waals surface area contributed by atoms with Crippen molar-refractivity contribution in [3.05, 3.63) is 35.9 Å². The Hall–Kier alpha value is -5.10. The van der Waals surface area contributed by atoms with E-state index in [0.29, 0.717) is 0 Å². The van der Waals surface area contributed by atoms with E-state index in [9.17, 15) is 38.4 Å². The molecule has 0 heterocycles. The highest BCUT2D eigenvalue weighted by Crippen LogP contribution is 2.10. The fraction of sp³-hybridized carbons (Fsp3) is 0.600. The Morgan fingerprint density at radius 2 is 1.08 bits per heavy atom. The molecule has 18 heteroatoms. The summed E-state index contributed by atoms with van der Waals surface area (Å²) < 4.78 is 0. The van der Waals surface area contributed by atoms with Crippen LogP contribution in [-0.2, 0) is 44.8 Å². The summed E-state index contributed by atoms with van der Waals surface area (Å²) in [6.07, 6.45) is 0.509. The molecule has 1 rings (SSSR count). The van der Waals surface area contributed by atoms with E-state index >= 15 is 0 Å². The monoisotopic (exact) mass is 748 g/mol. The number of benzene rings is 1. The molecule has 0 aromatic heterocycles. The highest BCUT2D eigenvalue weighted by atomic mass is 16.4. The van der Waals surface area contributed by atoms with Crippen LogP contribution in [0, 0.1) is 17.8 Å². The number of carbonyl (C=O) groups is 8. The average molecular weight is 749 g/mol. The molecule has 11 N–H and O–H groups in total. The van der Waals surface area contributed by atoms with Crippen LogP contribution in [0.4, 0.5) is 0 Å². The SMILES string of the molecule is CC(C)C[C@H](NC(=O)CN)C(=O)N[C@@H](Cc1ccccc1)C(=O)NCC(=O)N[C@H](C(=O)N[C@@H](CC(C)C)C(=O)NCC(=O)N[C@@H](CO)C(=O)O)C(C)C. The van der Waals surface area contributed by atoms with E-state index in [1.54, 1.807) is 58.0 Å². The van der Waals surface area contributed by atoms with Crippen molar-refractivity contribution in [1.82, 2.24) is 37.2 Å². The van der Waals surface area contributed by atoms with Crippen molar-refractivity contribution >= 4 is 47.3 Å². The molecule has 0 saturated carbocycles. The van der Waals surface area contributed by atoms with Gasteiger partial charge >= 0.3 is 5.97 Å². The van der Waals surface area contributed by atoms with E-state index in [2.05, 4.69) is 37.2 Å². The third-order valence-electron chi connectivity index (χ3n) is 7.73. The summed E-state index contributed by atoms with van der Waals surface area (Å²) in [7, 11) is 0. The van der Waals surface area contributed by atoms with Crippen molar-refractivity contribution in [3.63, 3.8) is 0 Å². The Morgan fingerprint density at radius 3 is 1.55 bits per heavy atom. The van der Waals surface area contributed by atoms with Gasteiger partial charge in [0, 0.05) is 6.42 Å². The Kier molecular flexibility index (Phi) is 20.3. The van der Waals surface area contributed by atoms with E-state index in [1.807, 2.05) is 13.8 Å². The highest BCUT2D eigenvalue weighted by Gasteiger charge is 2.31. The van der Waals surface area contributed by atoms with Crippen molar-refractivity contribution in [2.24, 2.45) is 23.5 Å². The molecule has 1 aromatic carbocycles. The molecule has 1 aromatic rings. The fourth-order valence-corrected chi connectivity index (χ4v) is 5.02. The van der Waals surface area contributed by atoms with Crippen LogP contribution in [0.15, 0.2) is 30.3 Å². The minimum atomic E-state index is -1.56. The third kappa shape index (κ3) is 17.8. The van der Waals surface area contributed by atoms with E-state index in [0.717, 1.165) is 5.56 Å². The number of nitrogens with one attached hydrogen (secondary N) is 7. The van der Waals surface area contributed by atoms with E-state index in [1.165, 1.54) is 0 Å². The number of aliphatic hydroxyl groups excluding tert-OH is 1. The number of carboxylic acid groups (broad SMARTS) is 1. The van der Waals surface area contributed by atoms with Crippen LogP contribution in [0.3, 0.4) is 0 Å². The van der Waals surface area contributed by atoms with Gasteiger partial charge in [-0.2, -0.15) is 0 Å².